The van der Waals surface area contributed by atoms with E-state index >= 15 is 0 Å². The van der Waals surface area contributed by atoms with Crippen LogP contribution in [-0.2, 0) is 16.6 Å². The normalized spacial score (nSPS) is 17.2. The van der Waals surface area contributed by atoms with E-state index in [0.717, 1.165) is 17.2 Å². The van der Waals surface area contributed by atoms with E-state index in [-0.39, 0.29) is 29.8 Å². The Labute approximate surface area is 193 Å². The van der Waals surface area contributed by atoms with Crippen molar-refractivity contribution in [3.8, 4) is 11.1 Å². The van der Waals surface area contributed by atoms with Gasteiger partial charge in [0.2, 0.25) is 5.91 Å². The van der Waals surface area contributed by atoms with Gasteiger partial charge in [0.25, 0.3) is 0 Å². The summed E-state index contributed by atoms with van der Waals surface area (Å²) in [4.78, 5) is 23.6. The minimum atomic E-state index is -1.17. The number of fused-ring (bicyclic) bond motifs is 1. The molecule has 8 heteroatoms. The first kappa shape index (κ1) is 21.6. The van der Waals surface area contributed by atoms with Gasteiger partial charge in [0.05, 0.1) is 23.5 Å². The summed E-state index contributed by atoms with van der Waals surface area (Å²) in [6.45, 7) is 1.73. The zero-order valence-electron chi connectivity index (χ0n) is 18.1. The molecule has 1 aliphatic heterocycles. The van der Waals surface area contributed by atoms with Crippen molar-refractivity contribution in [3.05, 3.63) is 102 Å². The van der Waals surface area contributed by atoms with Crippen LogP contribution in [0.4, 0.5) is 30.5 Å². The number of hydrogen-bond donors (Lipinski definition) is 1. The second-order valence-electron chi connectivity index (χ2n) is 8.47. The van der Waals surface area contributed by atoms with Crippen LogP contribution in [-0.4, -0.2) is 15.9 Å². The predicted molar refractivity (Wildman–Crippen MR) is 123 cm³/mol. The van der Waals surface area contributed by atoms with Crippen LogP contribution in [0.2, 0.25) is 0 Å². The number of nitrogen functional groups attached to an aromatic ring is 1. The molecule has 5 rings (SSSR count). The van der Waals surface area contributed by atoms with Gasteiger partial charge < -0.3 is 5.73 Å². The molecule has 1 unspecified atom stereocenters. The van der Waals surface area contributed by atoms with Crippen molar-refractivity contribution in [2.45, 2.75) is 18.8 Å². The third kappa shape index (κ3) is 3.67. The van der Waals surface area contributed by atoms with E-state index in [2.05, 4.69) is 9.97 Å². The minimum absolute atomic E-state index is 0.0482. The summed E-state index contributed by atoms with van der Waals surface area (Å²) in [6, 6.07) is 14.7. The van der Waals surface area contributed by atoms with Crippen molar-refractivity contribution in [2.24, 2.45) is 0 Å². The maximum absolute atomic E-state index is 13.9. The van der Waals surface area contributed by atoms with Crippen molar-refractivity contribution in [3.63, 3.8) is 0 Å². The van der Waals surface area contributed by atoms with E-state index in [1.807, 2.05) is 12.1 Å². The Balaban J connectivity index is 1.68. The summed E-state index contributed by atoms with van der Waals surface area (Å²) in [5.74, 6) is -1.73. The lowest BCUT2D eigenvalue weighted by Crippen LogP contribution is -2.38. The van der Waals surface area contributed by atoms with Crippen molar-refractivity contribution in [1.29, 1.82) is 0 Å². The number of nitrogens with two attached hydrogens (primary N) is 1. The molecule has 1 aliphatic rings. The molecule has 0 bridgehead atoms. The fourth-order valence-electron chi connectivity index (χ4n) is 4.46. The molecule has 5 nitrogen and oxygen atoms in total. The average molecular weight is 460 g/mol. The molecule has 1 amide bonds. The van der Waals surface area contributed by atoms with Gasteiger partial charge in [-0.15, -0.1) is 0 Å². The molecule has 0 spiro atoms. The Morgan fingerprint density at radius 3 is 2.24 bits per heavy atom. The number of hydrogen-bond acceptors (Lipinski definition) is 4. The van der Waals surface area contributed by atoms with Crippen LogP contribution >= 0.6 is 0 Å². The molecular formula is C26H19F3N4O. The Morgan fingerprint density at radius 2 is 1.56 bits per heavy atom. The van der Waals surface area contributed by atoms with Crippen LogP contribution in [0, 0.1) is 17.5 Å². The molecule has 4 aromatic rings. The molecule has 1 atom stereocenters. The van der Waals surface area contributed by atoms with Gasteiger partial charge in [-0.3, -0.25) is 14.7 Å². The molecule has 0 fully saturated rings. The zero-order valence-corrected chi connectivity index (χ0v) is 18.1. The number of amides is 1. The maximum Gasteiger partial charge on any atom is 0.243 e. The number of carbonyl (C=O) groups is 1. The van der Waals surface area contributed by atoms with E-state index in [9.17, 15) is 18.0 Å². The third-order valence-corrected chi connectivity index (χ3v) is 6.03. The Kier molecular flexibility index (Phi) is 5.08. The van der Waals surface area contributed by atoms with Gasteiger partial charge >= 0.3 is 0 Å². The Hall–Kier alpha value is -4.20. The summed E-state index contributed by atoms with van der Waals surface area (Å²) < 4.78 is 41.3. The quantitative estimate of drug-likeness (QED) is 0.447. The first-order valence-electron chi connectivity index (χ1n) is 10.5. The van der Waals surface area contributed by atoms with Crippen molar-refractivity contribution < 1.29 is 18.0 Å². The average Bonchev–Trinajstić information content (AvgIpc) is 3.00. The number of nitrogens with zero attached hydrogens (tertiary/aromatic N) is 3. The number of rotatable bonds is 4. The molecule has 0 radical (unpaired) electrons. The van der Waals surface area contributed by atoms with Gasteiger partial charge in [-0.1, -0.05) is 18.2 Å². The second-order valence-corrected chi connectivity index (χ2v) is 8.47. The molecule has 34 heavy (non-hydrogen) atoms. The second kappa shape index (κ2) is 7.98. The molecule has 170 valence electrons. The summed E-state index contributed by atoms with van der Waals surface area (Å²) in [7, 11) is 0. The van der Waals surface area contributed by atoms with E-state index in [4.69, 9.17) is 5.73 Å². The highest BCUT2D eigenvalue weighted by molar-refractivity contribution is 6.12. The summed E-state index contributed by atoms with van der Waals surface area (Å²) in [5.41, 5.74) is 7.71. The number of anilines is 3. The highest BCUT2D eigenvalue weighted by atomic mass is 19.1. The summed E-state index contributed by atoms with van der Waals surface area (Å²) in [5, 5.41) is 0. The lowest BCUT2D eigenvalue weighted by molar-refractivity contribution is -0.122. The maximum atomic E-state index is 13.9. The SMILES string of the molecule is CC1(Cc2cc(F)cc(F)c2)C(=O)N(c2cncc(N)n2)c2ccc(-c3ccc(F)cc3)cc21. The van der Waals surface area contributed by atoms with Crippen molar-refractivity contribution in [2.75, 3.05) is 10.6 Å². The molecule has 2 N–H and O–H groups in total. The van der Waals surface area contributed by atoms with Gasteiger partial charge in [0.1, 0.15) is 23.3 Å². The van der Waals surface area contributed by atoms with Crippen LogP contribution in [0.1, 0.15) is 18.1 Å². The molecule has 3 aromatic carbocycles. The van der Waals surface area contributed by atoms with Crippen molar-refractivity contribution >= 4 is 23.2 Å². The van der Waals surface area contributed by atoms with Gasteiger partial charge in [0.15, 0.2) is 5.82 Å². The van der Waals surface area contributed by atoms with Gasteiger partial charge in [0, 0.05) is 6.07 Å². The van der Waals surface area contributed by atoms with Crippen molar-refractivity contribution in [1.82, 2.24) is 9.97 Å². The predicted octanol–water partition coefficient (Wildman–Crippen LogP) is 5.32. The lowest BCUT2D eigenvalue weighted by atomic mass is 9.77. The fraction of sp³-hybridized carbons (Fsp3) is 0.115. The molecular weight excluding hydrogens is 441 g/mol. The zero-order chi connectivity index (χ0) is 24.0. The Morgan fingerprint density at radius 1 is 0.882 bits per heavy atom. The van der Waals surface area contributed by atoms with Crippen LogP contribution in [0.3, 0.4) is 0 Å². The molecule has 0 saturated heterocycles. The van der Waals surface area contributed by atoms with E-state index in [1.165, 1.54) is 41.6 Å². The first-order valence-corrected chi connectivity index (χ1v) is 10.5. The van der Waals surface area contributed by atoms with Gasteiger partial charge in [-0.05, 0) is 72.0 Å². The first-order chi connectivity index (χ1) is 16.2. The molecule has 0 aliphatic carbocycles. The number of benzene rings is 3. The number of aromatic nitrogens is 2. The Bertz CT molecular complexity index is 1400. The number of carbonyl (C=O) groups excluding carboxylic acids is 1. The van der Waals surface area contributed by atoms with Gasteiger partial charge in [-0.25, -0.2) is 18.2 Å². The number of halogens is 3. The standard InChI is InChI=1S/C26H19F3N4O/c1-26(12-15-8-19(28)11-20(29)9-15)21-10-17(16-2-5-18(27)6-3-16)4-7-22(21)33(25(26)34)24-14-31-13-23(30)32-24/h2-11,13-14H,12H2,1H3,(H2,30,32). The lowest BCUT2D eigenvalue weighted by Gasteiger charge is -2.24. The topological polar surface area (TPSA) is 72.1 Å². The van der Waals surface area contributed by atoms with Crippen LogP contribution in [0.15, 0.2) is 73.1 Å². The highest BCUT2D eigenvalue weighted by Gasteiger charge is 2.48. The molecule has 1 aromatic heterocycles. The third-order valence-electron chi connectivity index (χ3n) is 6.03. The van der Waals surface area contributed by atoms with E-state index in [0.29, 0.717) is 16.8 Å². The van der Waals surface area contributed by atoms with Crippen LogP contribution < -0.4 is 10.6 Å². The monoisotopic (exact) mass is 460 g/mol. The fourth-order valence-corrected chi connectivity index (χ4v) is 4.46. The smallest absolute Gasteiger partial charge is 0.243 e. The largest absolute Gasteiger partial charge is 0.382 e. The van der Waals surface area contributed by atoms with E-state index in [1.54, 1.807) is 25.1 Å². The van der Waals surface area contributed by atoms with Crippen LogP contribution in [0.5, 0.6) is 0 Å². The van der Waals surface area contributed by atoms with Crippen LogP contribution in [0.25, 0.3) is 11.1 Å². The molecule has 0 saturated carbocycles. The minimum Gasteiger partial charge on any atom is -0.382 e. The van der Waals surface area contributed by atoms with Gasteiger partial charge in [-0.2, -0.15) is 0 Å². The summed E-state index contributed by atoms with van der Waals surface area (Å²) in [6.07, 6.45) is 2.85. The highest BCUT2D eigenvalue weighted by Crippen LogP contribution is 2.48. The van der Waals surface area contributed by atoms with E-state index < -0.39 is 17.0 Å². The molecule has 2 heterocycles. The summed E-state index contributed by atoms with van der Waals surface area (Å²) >= 11 is 0.